The SMILES string of the molecule is CCCCP(=O)(CCCC)C(CC)C(=O)OCCC. The molecule has 0 N–H and O–H groups in total. The lowest BCUT2D eigenvalue weighted by atomic mass is 10.3. The zero-order valence-corrected chi connectivity index (χ0v) is 14.0. The van der Waals surface area contributed by atoms with Gasteiger partial charge >= 0.3 is 5.97 Å². The van der Waals surface area contributed by atoms with Crippen LogP contribution in [0.1, 0.15) is 66.2 Å². The van der Waals surface area contributed by atoms with Crippen molar-refractivity contribution in [1.29, 1.82) is 0 Å². The molecule has 114 valence electrons. The molecule has 0 rings (SSSR count). The van der Waals surface area contributed by atoms with Crippen LogP contribution in [0.25, 0.3) is 0 Å². The maximum absolute atomic E-state index is 13.2. The summed E-state index contributed by atoms with van der Waals surface area (Å²) in [6, 6.07) is 0. The Morgan fingerprint density at radius 2 is 1.53 bits per heavy atom. The van der Waals surface area contributed by atoms with E-state index in [4.69, 9.17) is 4.74 Å². The highest BCUT2D eigenvalue weighted by Gasteiger charge is 2.36. The minimum atomic E-state index is -2.43. The number of hydrogen-bond acceptors (Lipinski definition) is 3. The Labute approximate surface area is 118 Å². The summed E-state index contributed by atoms with van der Waals surface area (Å²) < 4.78 is 18.4. The van der Waals surface area contributed by atoms with Gasteiger partial charge in [-0.2, -0.15) is 0 Å². The number of rotatable bonds is 11. The van der Waals surface area contributed by atoms with Gasteiger partial charge in [0, 0.05) is 12.3 Å². The summed E-state index contributed by atoms with van der Waals surface area (Å²) in [7, 11) is -2.43. The largest absolute Gasteiger partial charge is 0.465 e. The van der Waals surface area contributed by atoms with Gasteiger partial charge in [-0.1, -0.05) is 40.5 Å². The fourth-order valence-electron chi connectivity index (χ4n) is 2.27. The van der Waals surface area contributed by atoms with Gasteiger partial charge in [-0.05, 0) is 25.7 Å². The first-order valence-electron chi connectivity index (χ1n) is 7.80. The number of carbonyl (C=O) groups excluding carboxylic acids is 1. The summed E-state index contributed by atoms with van der Waals surface area (Å²) in [4.78, 5) is 12.1. The van der Waals surface area contributed by atoms with E-state index in [1.807, 2.05) is 13.8 Å². The van der Waals surface area contributed by atoms with Crippen LogP contribution in [0.5, 0.6) is 0 Å². The average Bonchev–Trinajstić information content (AvgIpc) is 2.41. The molecule has 0 saturated carbocycles. The summed E-state index contributed by atoms with van der Waals surface area (Å²) >= 11 is 0. The summed E-state index contributed by atoms with van der Waals surface area (Å²) in [5.41, 5.74) is -0.378. The van der Waals surface area contributed by atoms with E-state index in [1.54, 1.807) is 0 Å². The van der Waals surface area contributed by atoms with Gasteiger partial charge in [0.25, 0.3) is 0 Å². The molecule has 19 heavy (non-hydrogen) atoms. The Kier molecular flexibility index (Phi) is 10.3. The minimum absolute atomic E-state index is 0.236. The molecule has 0 aliphatic rings. The first-order chi connectivity index (χ1) is 9.05. The first kappa shape index (κ1) is 18.7. The van der Waals surface area contributed by atoms with Crippen LogP contribution in [0.15, 0.2) is 0 Å². The molecule has 0 saturated heterocycles. The summed E-state index contributed by atoms with van der Waals surface area (Å²) in [6.45, 7) is 8.56. The molecule has 0 bridgehead atoms. The Balaban J connectivity index is 4.84. The van der Waals surface area contributed by atoms with Gasteiger partial charge < -0.3 is 9.30 Å². The number of ether oxygens (including phenoxy) is 1. The van der Waals surface area contributed by atoms with E-state index in [1.165, 1.54) is 0 Å². The zero-order valence-electron chi connectivity index (χ0n) is 13.1. The predicted molar refractivity (Wildman–Crippen MR) is 82.5 cm³/mol. The quantitative estimate of drug-likeness (QED) is 0.410. The van der Waals surface area contributed by atoms with E-state index in [9.17, 15) is 9.36 Å². The monoisotopic (exact) mass is 290 g/mol. The van der Waals surface area contributed by atoms with Gasteiger partial charge in [-0.3, -0.25) is 4.79 Å². The highest BCUT2D eigenvalue weighted by molar-refractivity contribution is 7.65. The normalized spacial score (nSPS) is 13.3. The van der Waals surface area contributed by atoms with Crippen LogP contribution in [-0.4, -0.2) is 30.6 Å². The predicted octanol–water partition coefficient (Wildman–Crippen LogP) is 4.68. The fraction of sp³-hybridized carbons (Fsp3) is 0.933. The van der Waals surface area contributed by atoms with Crippen LogP contribution in [0.2, 0.25) is 0 Å². The molecule has 0 amide bonds. The molecule has 0 aliphatic carbocycles. The minimum Gasteiger partial charge on any atom is -0.465 e. The van der Waals surface area contributed by atoms with Crippen LogP contribution < -0.4 is 0 Å². The lowest BCUT2D eigenvalue weighted by molar-refractivity contribution is -0.143. The van der Waals surface area contributed by atoms with Gasteiger partial charge in [0.05, 0.1) is 6.61 Å². The van der Waals surface area contributed by atoms with E-state index in [2.05, 4.69) is 13.8 Å². The molecule has 0 spiro atoms. The van der Waals surface area contributed by atoms with Crippen molar-refractivity contribution < 1.29 is 14.1 Å². The van der Waals surface area contributed by atoms with Crippen LogP contribution in [0.3, 0.4) is 0 Å². The molecule has 1 unspecified atom stereocenters. The fourth-order valence-corrected chi connectivity index (χ4v) is 5.94. The van der Waals surface area contributed by atoms with E-state index in [0.717, 1.165) is 32.1 Å². The van der Waals surface area contributed by atoms with Crippen LogP contribution in [0, 0.1) is 0 Å². The van der Waals surface area contributed by atoms with Crippen LogP contribution in [-0.2, 0) is 14.1 Å². The van der Waals surface area contributed by atoms with Crippen LogP contribution >= 0.6 is 7.14 Å². The zero-order chi connectivity index (χ0) is 14.7. The van der Waals surface area contributed by atoms with Gasteiger partial charge in [-0.15, -0.1) is 0 Å². The topological polar surface area (TPSA) is 43.4 Å². The molecule has 0 aromatic heterocycles. The van der Waals surface area contributed by atoms with Crippen molar-refractivity contribution in [2.45, 2.75) is 71.9 Å². The Morgan fingerprint density at radius 3 is 1.89 bits per heavy atom. The smallest absolute Gasteiger partial charge is 0.316 e. The van der Waals surface area contributed by atoms with Crippen molar-refractivity contribution in [2.75, 3.05) is 18.9 Å². The Morgan fingerprint density at radius 1 is 1.00 bits per heavy atom. The number of hydrogen-bond donors (Lipinski definition) is 0. The lowest BCUT2D eigenvalue weighted by Crippen LogP contribution is -2.26. The van der Waals surface area contributed by atoms with Crippen LogP contribution in [0.4, 0.5) is 0 Å². The van der Waals surface area contributed by atoms with Crippen molar-refractivity contribution in [3.63, 3.8) is 0 Å². The molecule has 0 radical (unpaired) electrons. The molecular weight excluding hydrogens is 259 g/mol. The Bertz CT molecular complexity index is 277. The lowest BCUT2D eigenvalue weighted by Gasteiger charge is -2.25. The van der Waals surface area contributed by atoms with Gasteiger partial charge in [0.2, 0.25) is 0 Å². The number of esters is 1. The second kappa shape index (κ2) is 10.5. The highest BCUT2D eigenvalue weighted by Crippen LogP contribution is 2.53. The maximum atomic E-state index is 13.2. The molecule has 1 atom stereocenters. The standard InChI is InChI=1S/C15H31O3P/c1-5-9-12-19(17,13-10-6-2)14(8-4)15(16)18-11-7-3/h14H,5-13H2,1-4H3. The van der Waals surface area contributed by atoms with Crippen molar-refractivity contribution in [3.05, 3.63) is 0 Å². The number of unbranched alkanes of at least 4 members (excludes halogenated alkanes) is 2. The molecule has 0 aliphatic heterocycles. The molecular formula is C15H31O3P. The van der Waals surface area contributed by atoms with E-state index >= 15 is 0 Å². The third kappa shape index (κ3) is 6.61. The van der Waals surface area contributed by atoms with Crippen molar-refractivity contribution >= 4 is 13.1 Å². The second-order valence-corrected chi connectivity index (χ2v) is 8.62. The molecule has 0 aromatic rings. The van der Waals surface area contributed by atoms with E-state index in [0.29, 0.717) is 25.4 Å². The average molecular weight is 290 g/mol. The summed E-state index contributed by atoms with van der Waals surface area (Å²) in [6.07, 6.45) is 6.78. The molecule has 3 nitrogen and oxygen atoms in total. The van der Waals surface area contributed by atoms with Gasteiger partial charge in [0.15, 0.2) is 0 Å². The van der Waals surface area contributed by atoms with Crippen molar-refractivity contribution in [3.8, 4) is 0 Å². The molecule has 4 heteroatoms. The van der Waals surface area contributed by atoms with Crippen molar-refractivity contribution in [2.24, 2.45) is 0 Å². The highest BCUT2D eigenvalue weighted by atomic mass is 31.2. The Hall–Kier alpha value is -0.300. The third-order valence-electron chi connectivity index (χ3n) is 3.46. The second-order valence-electron chi connectivity index (χ2n) is 5.20. The molecule has 0 heterocycles. The van der Waals surface area contributed by atoms with Gasteiger partial charge in [0.1, 0.15) is 12.8 Å². The number of carbonyl (C=O) groups is 1. The van der Waals surface area contributed by atoms with E-state index < -0.39 is 7.14 Å². The van der Waals surface area contributed by atoms with Crippen molar-refractivity contribution in [1.82, 2.24) is 0 Å². The maximum Gasteiger partial charge on any atom is 0.316 e. The van der Waals surface area contributed by atoms with E-state index in [-0.39, 0.29) is 11.6 Å². The summed E-state index contributed by atoms with van der Waals surface area (Å²) in [5, 5.41) is 0. The molecule has 0 aromatic carbocycles. The third-order valence-corrected chi connectivity index (χ3v) is 7.31. The van der Waals surface area contributed by atoms with Gasteiger partial charge in [-0.25, -0.2) is 0 Å². The molecule has 0 fully saturated rings. The summed E-state index contributed by atoms with van der Waals surface area (Å²) in [5.74, 6) is -0.236. The first-order valence-corrected chi connectivity index (χ1v) is 9.94.